The van der Waals surface area contributed by atoms with E-state index in [4.69, 9.17) is 22.9 Å². The van der Waals surface area contributed by atoms with Crippen molar-refractivity contribution in [1.29, 1.82) is 0 Å². The third-order valence-corrected chi connectivity index (χ3v) is 7.14. The minimum absolute atomic E-state index is 0.146. The van der Waals surface area contributed by atoms with Gasteiger partial charge in [0.2, 0.25) is 0 Å². The van der Waals surface area contributed by atoms with E-state index in [1.807, 2.05) is 24.3 Å². The van der Waals surface area contributed by atoms with Gasteiger partial charge in [-0.1, -0.05) is 12.1 Å². The number of ketones is 1. The zero-order valence-electron chi connectivity index (χ0n) is 21.2. The molecule has 192 valence electrons. The van der Waals surface area contributed by atoms with Gasteiger partial charge in [-0.2, -0.15) is 0 Å². The minimum Gasteiger partial charge on any atom is -0.497 e. The fraction of sp³-hybridized carbons (Fsp3) is 0.214. The number of Topliss-reactive ketones (excluding diaryl/α,β-unsaturated/α-hetero) is 1. The zero-order chi connectivity index (χ0) is 26.7. The molecule has 4 rings (SSSR count). The highest BCUT2D eigenvalue weighted by molar-refractivity contribution is 7.53. The molecule has 0 aliphatic heterocycles. The van der Waals surface area contributed by atoms with Crippen molar-refractivity contribution < 1.29 is 32.3 Å². The number of aryl methyl sites for hydroxylation is 1. The average molecular weight is 522 g/mol. The maximum absolute atomic E-state index is 13.2. The summed E-state index contributed by atoms with van der Waals surface area (Å²) >= 11 is 0. The molecule has 0 amide bonds. The van der Waals surface area contributed by atoms with E-state index in [9.17, 15) is 14.2 Å². The Morgan fingerprint density at radius 3 is 2.43 bits per heavy atom. The van der Waals surface area contributed by atoms with Gasteiger partial charge in [0.1, 0.15) is 22.8 Å². The molecule has 1 heterocycles. The van der Waals surface area contributed by atoms with Crippen molar-refractivity contribution >= 4 is 24.3 Å². The molecule has 0 fully saturated rings. The van der Waals surface area contributed by atoms with Crippen LogP contribution in [0.1, 0.15) is 21.5 Å². The third kappa shape index (κ3) is 5.77. The second-order valence-electron chi connectivity index (χ2n) is 8.51. The maximum Gasteiger partial charge on any atom is 0.375 e. The lowest BCUT2D eigenvalue weighted by molar-refractivity contribution is 0.0992. The van der Waals surface area contributed by atoms with Crippen LogP contribution >= 0.6 is 7.60 Å². The van der Waals surface area contributed by atoms with Crippen LogP contribution in [0.15, 0.2) is 69.9 Å². The summed E-state index contributed by atoms with van der Waals surface area (Å²) in [5, 5.41) is 0.613. The van der Waals surface area contributed by atoms with E-state index >= 15 is 0 Å². The summed E-state index contributed by atoms with van der Waals surface area (Å²) in [6.07, 6.45) is -0.146. The number of carbonyl (C=O) groups is 1. The number of rotatable bonds is 9. The van der Waals surface area contributed by atoms with Crippen LogP contribution in [0.25, 0.3) is 22.1 Å². The van der Waals surface area contributed by atoms with Crippen LogP contribution < -0.4 is 19.6 Å². The quantitative estimate of drug-likeness (QED) is 0.149. The average Bonchev–Trinajstić information content (AvgIpc) is 2.89. The summed E-state index contributed by atoms with van der Waals surface area (Å²) < 4.78 is 38.9. The normalized spacial score (nSPS) is 12.7. The van der Waals surface area contributed by atoms with Crippen molar-refractivity contribution in [3.63, 3.8) is 0 Å². The maximum atomic E-state index is 13.2. The van der Waals surface area contributed by atoms with E-state index in [0.717, 1.165) is 11.1 Å². The van der Waals surface area contributed by atoms with E-state index in [0.29, 0.717) is 28.0 Å². The first kappa shape index (κ1) is 26.2. The Labute approximate surface area is 214 Å². The number of carbonyl (C=O) groups excluding carboxylic acids is 1. The van der Waals surface area contributed by atoms with Gasteiger partial charge in [0.15, 0.2) is 5.78 Å². The highest BCUT2D eigenvalue weighted by Crippen LogP contribution is 2.45. The zero-order valence-corrected chi connectivity index (χ0v) is 22.1. The standard InChI is InChI=1S/C28H27O8P/c1-17-11-20-12-21(28(30)35-27(20)16-26(17)36-37(5,31)34-4)15-24(29)19-9-10-25(33-3)23(14-19)18-7-6-8-22(13-18)32-2/h6-14,16H,15H2,1-5H3. The number of hydrogen-bond acceptors (Lipinski definition) is 8. The smallest absolute Gasteiger partial charge is 0.375 e. The van der Waals surface area contributed by atoms with E-state index in [2.05, 4.69) is 0 Å². The van der Waals surface area contributed by atoms with Gasteiger partial charge in [0.25, 0.3) is 0 Å². The third-order valence-electron chi connectivity index (χ3n) is 5.95. The molecule has 0 saturated heterocycles. The summed E-state index contributed by atoms with van der Waals surface area (Å²) in [6.45, 7) is 3.12. The molecule has 0 N–H and O–H groups in total. The van der Waals surface area contributed by atoms with Crippen molar-refractivity contribution in [3.05, 3.63) is 87.8 Å². The molecule has 0 spiro atoms. The molecular weight excluding hydrogens is 495 g/mol. The monoisotopic (exact) mass is 522 g/mol. The Hall–Kier alpha value is -3.87. The van der Waals surface area contributed by atoms with Gasteiger partial charge in [-0.15, -0.1) is 0 Å². The van der Waals surface area contributed by atoms with E-state index in [1.165, 1.54) is 19.8 Å². The highest BCUT2D eigenvalue weighted by Gasteiger charge is 2.20. The second kappa shape index (κ2) is 10.6. The first-order valence-electron chi connectivity index (χ1n) is 11.4. The van der Waals surface area contributed by atoms with Gasteiger partial charge in [-0.05, 0) is 60.5 Å². The lowest BCUT2D eigenvalue weighted by Crippen LogP contribution is -2.13. The topological polar surface area (TPSA) is 101 Å². The Kier molecular flexibility index (Phi) is 7.52. The fourth-order valence-corrected chi connectivity index (χ4v) is 4.54. The van der Waals surface area contributed by atoms with E-state index in [-0.39, 0.29) is 29.1 Å². The molecular formula is C28H27O8P. The van der Waals surface area contributed by atoms with Crippen LogP contribution in [0.2, 0.25) is 0 Å². The molecule has 8 nitrogen and oxygen atoms in total. The molecule has 0 aliphatic carbocycles. The molecule has 9 heteroatoms. The number of methoxy groups -OCH3 is 2. The molecule has 1 unspecified atom stereocenters. The SMILES string of the molecule is COc1cccc(-c2cc(C(=O)Cc3cc4cc(C)c(OP(C)(=O)OC)cc4oc3=O)ccc2OC)c1. The molecule has 4 aromatic rings. The largest absolute Gasteiger partial charge is 0.497 e. The van der Waals surface area contributed by atoms with Crippen molar-refractivity contribution in [3.8, 4) is 28.4 Å². The number of fused-ring (bicyclic) bond motifs is 1. The van der Waals surface area contributed by atoms with Crippen LogP contribution in [0.4, 0.5) is 0 Å². The predicted octanol–water partition coefficient (Wildman–Crippen LogP) is 6.06. The Morgan fingerprint density at radius 1 is 0.946 bits per heavy atom. The van der Waals surface area contributed by atoms with Crippen molar-refractivity contribution in [1.82, 2.24) is 0 Å². The second-order valence-corrected chi connectivity index (χ2v) is 10.6. The molecule has 0 radical (unpaired) electrons. The van der Waals surface area contributed by atoms with Crippen LogP contribution in [0.3, 0.4) is 0 Å². The lowest BCUT2D eigenvalue weighted by Gasteiger charge is -2.15. The summed E-state index contributed by atoms with van der Waals surface area (Å²) in [5.41, 5.74) is 2.50. The van der Waals surface area contributed by atoms with Gasteiger partial charge < -0.3 is 22.9 Å². The number of ether oxygens (including phenoxy) is 2. The minimum atomic E-state index is -3.29. The summed E-state index contributed by atoms with van der Waals surface area (Å²) in [7, 11) is 1.15. The van der Waals surface area contributed by atoms with Gasteiger partial charge in [0.05, 0.1) is 14.2 Å². The van der Waals surface area contributed by atoms with E-state index in [1.54, 1.807) is 51.5 Å². The van der Waals surface area contributed by atoms with Gasteiger partial charge in [-0.25, -0.2) is 9.36 Å². The van der Waals surface area contributed by atoms with Crippen LogP contribution in [-0.2, 0) is 15.5 Å². The first-order chi connectivity index (χ1) is 17.6. The summed E-state index contributed by atoms with van der Waals surface area (Å²) in [5.74, 6) is 1.32. The predicted molar refractivity (Wildman–Crippen MR) is 141 cm³/mol. The Balaban J connectivity index is 1.66. The molecule has 1 aromatic heterocycles. The van der Waals surface area contributed by atoms with Gasteiger partial charge in [-0.3, -0.25) is 4.79 Å². The molecule has 0 saturated carbocycles. The number of benzene rings is 3. The molecule has 3 aromatic carbocycles. The number of hydrogen-bond donors (Lipinski definition) is 0. The summed E-state index contributed by atoms with van der Waals surface area (Å²) in [4.78, 5) is 25.9. The summed E-state index contributed by atoms with van der Waals surface area (Å²) in [6, 6.07) is 17.4. The van der Waals surface area contributed by atoms with Crippen LogP contribution in [-0.4, -0.2) is 33.8 Å². The van der Waals surface area contributed by atoms with Crippen LogP contribution in [0, 0.1) is 6.92 Å². The van der Waals surface area contributed by atoms with Crippen LogP contribution in [0.5, 0.6) is 17.2 Å². The van der Waals surface area contributed by atoms with Crippen molar-refractivity contribution in [2.45, 2.75) is 13.3 Å². The van der Waals surface area contributed by atoms with Crippen molar-refractivity contribution in [2.24, 2.45) is 0 Å². The molecule has 1 atom stereocenters. The van der Waals surface area contributed by atoms with Gasteiger partial charge in [0, 0.05) is 48.3 Å². The van der Waals surface area contributed by atoms with E-state index < -0.39 is 13.2 Å². The Bertz CT molecular complexity index is 1590. The molecule has 37 heavy (non-hydrogen) atoms. The highest BCUT2D eigenvalue weighted by atomic mass is 31.2. The lowest BCUT2D eigenvalue weighted by atomic mass is 9.97. The fourth-order valence-electron chi connectivity index (χ4n) is 3.92. The molecule has 0 bridgehead atoms. The van der Waals surface area contributed by atoms with Crippen molar-refractivity contribution in [2.75, 3.05) is 28.0 Å². The Morgan fingerprint density at radius 2 is 1.73 bits per heavy atom. The molecule has 0 aliphatic rings. The first-order valence-corrected chi connectivity index (χ1v) is 13.4. The van der Waals surface area contributed by atoms with Gasteiger partial charge >= 0.3 is 13.2 Å².